The maximum Gasteiger partial charge on any atom is 0.270 e. The zero-order valence-corrected chi connectivity index (χ0v) is 37.7. The van der Waals surface area contributed by atoms with Gasteiger partial charge in [-0.3, -0.25) is 39.0 Å². The van der Waals surface area contributed by atoms with Crippen LogP contribution in [0.25, 0.3) is 10.9 Å². The number of amides is 6. The summed E-state index contributed by atoms with van der Waals surface area (Å²) in [6.07, 6.45) is 0.824. The van der Waals surface area contributed by atoms with Gasteiger partial charge in [0.15, 0.2) is 0 Å². The number of halogens is 2. The minimum atomic E-state index is -0.920. The van der Waals surface area contributed by atoms with E-state index in [0.29, 0.717) is 128 Å². The van der Waals surface area contributed by atoms with Crippen LogP contribution in [-0.2, 0) is 51.2 Å². The molecule has 0 aliphatic carbocycles. The van der Waals surface area contributed by atoms with Gasteiger partial charge in [-0.2, -0.15) is 0 Å². The molecule has 0 radical (unpaired) electrons. The van der Waals surface area contributed by atoms with Gasteiger partial charge in [-0.1, -0.05) is 6.07 Å². The van der Waals surface area contributed by atoms with Gasteiger partial charge in [-0.15, -0.1) is 0 Å². The maximum atomic E-state index is 13.6. The van der Waals surface area contributed by atoms with Crippen molar-refractivity contribution in [2.24, 2.45) is 5.92 Å². The number of piperidine rings is 1. The summed E-state index contributed by atoms with van der Waals surface area (Å²) in [6.45, 7) is 7.88. The van der Waals surface area contributed by atoms with E-state index in [1.807, 2.05) is 23.1 Å². The molecule has 68 heavy (non-hydrogen) atoms. The summed E-state index contributed by atoms with van der Waals surface area (Å²) in [5.41, 5.74) is 4.26. The Hall–Kier alpha value is -6.32. The summed E-state index contributed by atoms with van der Waals surface area (Å²) < 4.78 is 49.8. The number of H-pyrrole nitrogens is 1. The molecule has 2 unspecified atom stereocenters. The van der Waals surface area contributed by atoms with Crippen LogP contribution in [-0.4, -0.2) is 160 Å². The minimum absolute atomic E-state index is 0.102. The van der Waals surface area contributed by atoms with Crippen molar-refractivity contribution in [1.29, 1.82) is 0 Å². The van der Waals surface area contributed by atoms with Gasteiger partial charge in [0.25, 0.3) is 11.8 Å². The first kappa shape index (κ1) is 48.1. The highest BCUT2D eigenvalue weighted by atomic mass is 19.1. The van der Waals surface area contributed by atoms with Crippen molar-refractivity contribution in [3.63, 3.8) is 0 Å². The number of ether oxygens (including phenoxy) is 4. The van der Waals surface area contributed by atoms with Gasteiger partial charge in [0.05, 0.1) is 52.9 Å². The number of carbonyl (C=O) groups excluding carboxylic acids is 6. The van der Waals surface area contributed by atoms with Gasteiger partial charge < -0.3 is 49.3 Å². The fourth-order valence-corrected chi connectivity index (χ4v) is 8.92. The Kier molecular flexibility index (Phi) is 16.0. The van der Waals surface area contributed by atoms with Crippen molar-refractivity contribution >= 4 is 57.7 Å². The number of hydrogen-bond acceptors (Lipinski definition) is 12. The predicted molar refractivity (Wildman–Crippen MR) is 244 cm³/mol. The largest absolute Gasteiger partial charge is 0.382 e. The molecule has 4 aliphatic heterocycles. The molecule has 3 aromatic carbocycles. The second-order valence-electron chi connectivity index (χ2n) is 17.0. The summed E-state index contributed by atoms with van der Waals surface area (Å²) in [5, 5.41) is 9.03. The second kappa shape index (κ2) is 22.7. The second-order valence-corrected chi connectivity index (χ2v) is 17.0. The number of anilines is 2. The summed E-state index contributed by atoms with van der Waals surface area (Å²) in [7, 11) is 0. The Morgan fingerprint density at radius 1 is 0.765 bits per heavy atom. The highest BCUT2D eigenvalue weighted by molar-refractivity contribution is 6.10. The van der Waals surface area contributed by atoms with Crippen molar-refractivity contribution in [3.8, 4) is 0 Å². The molecule has 0 saturated carbocycles. The van der Waals surface area contributed by atoms with E-state index in [9.17, 15) is 37.5 Å². The lowest BCUT2D eigenvalue weighted by Crippen LogP contribution is -2.52. The summed E-state index contributed by atoms with van der Waals surface area (Å²) in [6, 6.07) is 15.0. The topological polar surface area (TPSA) is 204 Å². The van der Waals surface area contributed by atoms with Crippen LogP contribution in [0.15, 0.2) is 60.7 Å². The Labute approximate surface area is 391 Å². The standard InChI is InChI=1S/C48H56F2N8O10/c49-33-24-31(25-34(50)28-33)29-52-44(60)37-8-10-57(47(37)63)35-4-5-39-32(26-35)27-41(53-39)48(64)56-13-11-55(12-14-56)15-17-66-19-21-68-23-22-67-20-18-65-16-9-51-40-3-1-2-36-38(40)30-58(46(36)62)42-6-7-43(59)54-45(42)61/h1-5,24-28,37,42,51,53H,6-23,29-30H2,(H,52,60)(H,54,59,61). The van der Waals surface area contributed by atoms with Crippen molar-refractivity contribution in [2.45, 2.75) is 38.4 Å². The quantitative estimate of drug-likeness (QED) is 0.0511. The van der Waals surface area contributed by atoms with Crippen molar-refractivity contribution in [1.82, 2.24) is 30.3 Å². The summed E-state index contributed by atoms with van der Waals surface area (Å²) >= 11 is 0. The van der Waals surface area contributed by atoms with Crippen LogP contribution in [0, 0.1) is 17.6 Å². The van der Waals surface area contributed by atoms with Gasteiger partial charge in [-0.05, 0) is 66.9 Å². The first-order valence-electron chi connectivity index (χ1n) is 23.0. The van der Waals surface area contributed by atoms with Gasteiger partial charge >= 0.3 is 0 Å². The smallest absolute Gasteiger partial charge is 0.270 e. The van der Waals surface area contributed by atoms with E-state index < -0.39 is 35.4 Å². The highest BCUT2D eigenvalue weighted by Gasteiger charge is 2.40. The SMILES string of the molecule is O=C1CCC(N2Cc3c(NCCOCCOCCOCCOCCN4CCN(C(=O)c5cc6cc(N7CCC(C(=O)NCc8cc(F)cc(F)c8)C7=O)ccc6[nH]5)CC4)cccc3C2=O)C(=O)N1. The molecular formula is C48H56F2N8O10. The van der Waals surface area contributed by atoms with Crippen LogP contribution in [0.2, 0.25) is 0 Å². The minimum Gasteiger partial charge on any atom is -0.382 e. The molecular weight excluding hydrogens is 887 g/mol. The lowest BCUT2D eigenvalue weighted by Gasteiger charge is -2.34. The van der Waals surface area contributed by atoms with Gasteiger partial charge in [-0.25, -0.2) is 8.78 Å². The Morgan fingerprint density at radius 2 is 1.47 bits per heavy atom. The van der Waals surface area contributed by atoms with Crippen LogP contribution in [0.5, 0.6) is 0 Å². The van der Waals surface area contributed by atoms with E-state index in [0.717, 1.165) is 46.9 Å². The number of aromatic nitrogens is 1. The molecule has 8 rings (SSSR count). The molecule has 6 amide bonds. The van der Waals surface area contributed by atoms with Crippen molar-refractivity contribution in [3.05, 3.63) is 94.7 Å². The van der Waals surface area contributed by atoms with Crippen LogP contribution in [0.3, 0.4) is 0 Å². The Balaban J connectivity index is 0.639. The van der Waals surface area contributed by atoms with E-state index in [4.69, 9.17) is 18.9 Å². The molecule has 18 nitrogen and oxygen atoms in total. The molecule has 4 N–H and O–H groups in total. The molecule has 2 atom stereocenters. The Morgan fingerprint density at radius 3 is 2.19 bits per heavy atom. The van der Waals surface area contributed by atoms with E-state index in [1.165, 1.54) is 4.90 Å². The number of hydrogen-bond donors (Lipinski definition) is 4. The predicted octanol–water partition coefficient (Wildman–Crippen LogP) is 2.81. The van der Waals surface area contributed by atoms with Crippen LogP contribution < -0.4 is 20.9 Å². The lowest BCUT2D eigenvalue weighted by atomic mass is 10.0. The molecule has 4 aromatic rings. The normalized spacial score (nSPS) is 18.7. The van der Waals surface area contributed by atoms with Crippen molar-refractivity contribution < 1.29 is 56.5 Å². The fraction of sp³-hybridized carbons (Fsp3) is 0.458. The number of piperazine rings is 1. The fourth-order valence-electron chi connectivity index (χ4n) is 8.92. The first-order chi connectivity index (χ1) is 33.0. The average Bonchev–Trinajstić information content (AvgIpc) is 4.03. The molecule has 3 saturated heterocycles. The monoisotopic (exact) mass is 942 g/mol. The number of carbonyl (C=O) groups is 6. The molecule has 3 fully saturated rings. The van der Waals surface area contributed by atoms with Gasteiger partial charge in [0.2, 0.25) is 23.6 Å². The highest BCUT2D eigenvalue weighted by Crippen LogP contribution is 2.33. The van der Waals surface area contributed by atoms with E-state index in [-0.39, 0.29) is 42.2 Å². The van der Waals surface area contributed by atoms with Gasteiger partial charge in [0.1, 0.15) is 29.3 Å². The van der Waals surface area contributed by atoms with Gasteiger partial charge in [0, 0.05) is 105 Å². The average molecular weight is 943 g/mol. The lowest BCUT2D eigenvalue weighted by molar-refractivity contribution is -0.137. The third kappa shape index (κ3) is 11.9. The molecule has 0 spiro atoms. The third-order valence-corrected chi connectivity index (χ3v) is 12.5. The number of imide groups is 1. The summed E-state index contributed by atoms with van der Waals surface area (Å²) in [5.74, 6) is -4.34. The van der Waals surface area contributed by atoms with Crippen LogP contribution in [0.4, 0.5) is 20.2 Å². The number of rotatable bonds is 22. The molecule has 362 valence electrons. The number of benzene rings is 3. The number of fused-ring (bicyclic) bond motifs is 2. The van der Waals surface area contributed by atoms with Crippen LogP contribution >= 0.6 is 0 Å². The first-order valence-corrected chi connectivity index (χ1v) is 23.0. The van der Waals surface area contributed by atoms with E-state index in [1.54, 1.807) is 29.2 Å². The molecule has 0 bridgehead atoms. The van der Waals surface area contributed by atoms with E-state index >= 15 is 0 Å². The van der Waals surface area contributed by atoms with Crippen LogP contribution in [0.1, 0.15) is 51.2 Å². The maximum absolute atomic E-state index is 13.6. The third-order valence-electron chi connectivity index (χ3n) is 12.5. The number of aromatic amines is 1. The number of nitrogens with zero attached hydrogens (tertiary/aromatic N) is 4. The van der Waals surface area contributed by atoms with E-state index in [2.05, 4.69) is 25.8 Å². The molecule has 1 aromatic heterocycles. The molecule has 5 heterocycles. The molecule has 4 aliphatic rings. The number of nitrogens with one attached hydrogen (secondary N) is 4. The zero-order chi connectivity index (χ0) is 47.6. The molecule has 20 heteroatoms. The summed E-state index contributed by atoms with van der Waals surface area (Å²) in [4.78, 5) is 86.9. The Bertz CT molecular complexity index is 2480. The van der Waals surface area contributed by atoms with Crippen molar-refractivity contribution in [2.75, 3.05) is 109 Å². The zero-order valence-electron chi connectivity index (χ0n) is 37.7.